The minimum absolute atomic E-state index is 0.894. The second-order valence-corrected chi connectivity index (χ2v) is 22.8. The molecule has 4 nitrogen and oxygen atoms in total. The summed E-state index contributed by atoms with van der Waals surface area (Å²) in [6, 6.07) is 44.4. The molecule has 4 aromatic carbocycles. The maximum absolute atomic E-state index is 4.59. The normalized spacial score (nSPS) is 16.8. The molecule has 5 aliphatic rings. The van der Waals surface area contributed by atoms with Crippen LogP contribution in [0.3, 0.4) is 0 Å². The molecule has 0 aliphatic carbocycles. The number of aliphatic imine (C=N–C) groups is 4. The molecule has 0 amide bonds. The summed E-state index contributed by atoms with van der Waals surface area (Å²) >= 11 is -3.31. The SMILES string of the molecule is C1=CC2=NC1=CC1=NC(=CC3=NC(=CC4=NC(=C2)C=C4)C=C3)C=C1.c1cc[c]([Sn]([c]2ccccc2)([c]2ccccc2)[c]2ccccc2)cc1. The van der Waals surface area contributed by atoms with Crippen LogP contribution in [0.15, 0.2) is 237 Å². The van der Waals surface area contributed by atoms with E-state index in [0.29, 0.717) is 0 Å². The van der Waals surface area contributed by atoms with Gasteiger partial charge in [0.05, 0.1) is 45.6 Å². The van der Waals surface area contributed by atoms with Crippen molar-refractivity contribution in [1.29, 1.82) is 0 Å². The predicted octanol–water partition coefficient (Wildman–Crippen LogP) is 6.64. The molecule has 0 aromatic heterocycles. The van der Waals surface area contributed by atoms with Crippen molar-refractivity contribution in [2.45, 2.75) is 0 Å². The van der Waals surface area contributed by atoms with Crippen molar-refractivity contribution >= 4 is 55.5 Å². The van der Waals surface area contributed by atoms with Gasteiger partial charge in [-0.05, 0) is 72.9 Å². The van der Waals surface area contributed by atoms with Gasteiger partial charge in [0.15, 0.2) is 0 Å². The van der Waals surface area contributed by atoms with E-state index in [2.05, 4.69) is 141 Å². The van der Waals surface area contributed by atoms with Crippen LogP contribution in [0.25, 0.3) is 0 Å². The fraction of sp³-hybridized carbons (Fsp3) is 0. The van der Waals surface area contributed by atoms with Gasteiger partial charge < -0.3 is 0 Å². The Morgan fingerprint density at radius 2 is 0.490 bits per heavy atom. The van der Waals surface area contributed by atoms with Gasteiger partial charge in [0.1, 0.15) is 0 Å². The Kier molecular flexibility index (Phi) is 8.61. The van der Waals surface area contributed by atoms with E-state index >= 15 is 0 Å². The third-order valence-electron chi connectivity index (χ3n) is 8.74. The van der Waals surface area contributed by atoms with Gasteiger partial charge in [-0.2, -0.15) is 0 Å². The molecule has 0 unspecified atom stereocenters. The molecule has 4 aromatic rings. The van der Waals surface area contributed by atoms with Crippen LogP contribution in [0.5, 0.6) is 0 Å². The Labute approximate surface area is 291 Å². The van der Waals surface area contributed by atoms with E-state index in [1.807, 2.05) is 72.9 Å². The molecule has 0 fully saturated rings. The van der Waals surface area contributed by atoms with E-state index in [4.69, 9.17) is 0 Å². The van der Waals surface area contributed by atoms with Gasteiger partial charge in [-0.15, -0.1) is 0 Å². The van der Waals surface area contributed by atoms with Gasteiger partial charge in [-0.1, -0.05) is 0 Å². The van der Waals surface area contributed by atoms with E-state index in [1.165, 1.54) is 14.3 Å². The summed E-state index contributed by atoms with van der Waals surface area (Å²) in [6.07, 6.45) is 23.8. The predicted molar refractivity (Wildman–Crippen MR) is 209 cm³/mol. The van der Waals surface area contributed by atoms with Crippen LogP contribution < -0.4 is 14.3 Å². The average molecular weight is 735 g/mol. The van der Waals surface area contributed by atoms with Crippen molar-refractivity contribution in [2.24, 2.45) is 20.0 Å². The molecular formula is C44H32N4Sn. The molecule has 0 saturated carbocycles. The zero-order valence-corrected chi connectivity index (χ0v) is 29.6. The summed E-state index contributed by atoms with van der Waals surface area (Å²) < 4.78 is 5.95. The molecule has 5 heteroatoms. The van der Waals surface area contributed by atoms with Crippen LogP contribution in [-0.2, 0) is 0 Å². The molecule has 5 heterocycles. The standard InChI is InChI=1S/C20H12N4.4C6H5.Sn/c1-2-14-10-16-5-6-18(23-16)12-20-8-7-19(24-20)11-17-4-3-15(22-17)9-13(1)21-14;4*1-2-4-6-5-3-1;/h1-12H;4*1-5H;. The quantitative estimate of drug-likeness (QED) is 0.211. The first-order valence-electron chi connectivity index (χ1n) is 16.4. The third-order valence-corrected chi connectivity index (χ3v) is 22.4. The van der Waals surface area contributed by atoms with Gasteiger partial charge in [-0.25, -0.2) is 20.0 Å². The number of allylic oxidation sites excluding steroid dienone is 12. The van der Waals surface area contributed by atoms with Crippen molar-refractivity contribution in [1.82, 2.24) is 0 Å². The fourth-order valence-corrected chi connectivity index (χ4v) is 20.2. The Morgan fingerprint density at radius 1 is 0.265 bits per heavy atom. The first kappa shape index (κ1) is 30.6. The number of fused-ring (bicyclic) bond motifs is 4. The molecule has 0 N–H and O–H groups in total. The van der Waals surface area contributed by atoms with Gasteiger partial charge in [-0.3, -0.25) is 0 Å². The van der Waals surface area contributed by atoms with E-state index in [1.54, 1.807) is 0 Å². The maximum atomic E-state index is 4.59. The summed E-state index contributed by atoms with van der Waals surface area (Å²) in [4.78, 5) is 18.4. The summed E-state index contributed by atoms with van der Waals surface area (Å²) in [6.45, 7) is 0. The monoisotopic (exact) mass is 736 g/mol. The van der Waals surface area contributed by atoms with Gasteiger partial charge in [0, 0.05) is 0 Å². The number of nitrogens with zero attached hydrogens (tertiary/aromatic N) is 4. The average Bonchev–Trinajstić information content (AvgIpc) is 3.98. The molecule has 0 radical (unpaired) electrons. The molecule has 49 heavy (non-hydrogen) atoms. The first-order chi connectivity index (χ1) is 24.2. The number of hydrogen-bond acceptors (Lipinski definition) is 4. The molecular weight excluding hydrogens is 703 g/mol. The topological polar surface area (TPSA) is 49.4 Å². The van der Waals surface area contributed by atoms with Crippen molar-refractivity contribution in [3.8, 4) is 0 Å². The van der Waals surface area contributed by atoms with Crippen LogP contribution in [0.4, 0.5) is 0 Å². The molecule has 9 rings (SSSR count). The zero-order chi connectivity index (χ0) is 32.9. The third kappa shape index (κ3) is 6.56. The van der Waals surface area contributed by atoms with Crippen LogP contribution in [0.2, 0.25) is 0 Å². The molecule has 8 bridgehead atoms. The van der Waals surface area contributed by atoms with Crippen molar-refractivity contribution in [3.63, 3.8) is 0 Å². The Hall–Kier alpha value is -5.72. The van der Waals surface area contributed by atoms with E-state index < -0.39 is 18.4 Å². The van der Waals surface area contributed by atoms with Crippen LogP contribution in [-0.4, -0.2) is 41.2 Å². The Morgan fingerprint density at radius 3 is 0.714 bits per heavy atom. The van der Waals surface area contributed by atoms with Gasteiger partial charge >= 0.3 is 154 Å². The van der Waals surface area contributed by atoms with Crippen molar-refractivity contribution < 1.29 is 0 Å². The summed E-state index contributed by atoms with van der Waals surface area (Å²) in [5.41, 5.74) is 7.15. The van der Waals surface area contributed by atoms with Gasteiger partial charge in [0.25, 0.3) is 0 Å². The second kappa shape index (κ2) is 13.8. The molecule has 0 saturated heterocycles. The van der Waals surface area contributed by atoms with E-state index in [-0.39, 0.29) is 0 Å². The summed E-state index contributed by atoms with van der Waals surface area (Å²) in [5.74, 6) is 0. The van der Waals surface area contributed by atoms with E-state index in [0.717, 1.165) is 45.6 Å². The molecule has 232 valence electrons. The number of hydrogen-bond donors (Lipinski definition) is 0. The Balaban J connectivity index is 0.000000142. The molecule has 0 spiro atoms. The molecule has 5 aliphatic heterocycles. The minimum atomic E-state index is -3.31. The molecule has 0 atom stereocenters. The fourth-order valence-electron chi connectivity index (χ4n) is 6.58. The van der Waals surface area contributed by atoms with Crippen LogP contribution in [0, 0.1) is 0 Å². The first-order valence-corrected chi connectivity index (χ1v) is 22.1. The zero-order valence-electron chi connectivity index (χ0n) is 26.8. The van der Waals surface area contributed by atoms with Crippen LogP contribution >= 0.6 is 0 Å². The van der Waals surface area contributed by atoms with E-state index in [9.17, 15) is 0 Å². The van der Waals surface area contributed by atoms with Crippen molar-refractivity contribution in [3.05, 3.63) is 217 Å². The van der Waals surface area contributed by atoms with Crippen LogP contribution in [0.1, 0.15) is 0 Å². The number of benzene rings is 4. The summed E-state index contributed by atoms with van der Waals surface area (Å²) in [5, 5.41) is 0. The van der Waals surface area contributed by atoms with Gasteiger partial charge in [0.2, 0.25) is 0 Å². The summed E-state index contributed by atoms with van der Waals surface area (Å²) in [7, 11) is 0. The number of rotatable bonds is 4. The Bertz CT molecular complexity index is 1930. The second-order valence-electron chi connectivity index (χ2n) is 12.0. The van der Waals surface area contributed by atoms with Crippen molar-refractivity contribution in [2.75, 3.05) is 0 Å².